The molecule has 5 nitrogen and oxygen atoms in total. The summed E-state index contributed by atoms with van der Waals surface area (Å²) in [6, 6.07) is 0.0964. The predicted molar refractivity (Wildman–Crippen MR) is 72.4 cm³/mol. The normalized spacial score (nSPS) is 21.2. The van der Waals surface area contributed by atoms with Crippen LogP contribution in [0.4, 0.5) is 0 Å². The Morgan fingerprint density at radius 1 is 1.24 bits per heavy atom. The van der Waals surface area contributed by atoms with Crippen LogP contribution in [0, 0.1) is 5.92 Å². The van der Waals surface area contributed by atoms with Gasteiger partial charge in [0.2, 0.25) is 0 Å². The number of nitrogens with two attached hydrogens (primary N) is 1. The van der Waals surface area contributed by atoms with Gasteiger partial charge in [0.15, 0.2) is 0 Å². The molecule has 0 radical (unpaired) electrons. The number of nitrogens with zero attached hydrogens (tertiary/aromatic N) is 1. The van der Waals surface area contributed by atoms with Crippen LogP contribution in [0.15, 0.2) is 0 Å². The first-order valence-electron chi connectivity index (χ1n) is 5.86. The highest BCUT2D eigenvalue weighted by Gasteiger charge is 2.29. The highest BCUT2D eigenvalue weighted by atomic mass is 35.5. The molecule has 0 aromatic heterocycles. The molecule has 1 fully saturated rings. The van der Waals surface area contributed by atoms with Crippen LogP contribution in [-0.4, -0.2) is 37.9 Å². The number of rotatable bonds is 4. The third kappa shape index (κ3) is 5.09. The van der Waals surface area contributed by atoms with Gasteiger partial charge in [0.25, 0.3) is 10.2 Å². The fourth-order valence-corrected chi connectivity index (χ4v) is 3.45. The average molecular weight is 286 g/mol. The van der Waals surface area contributed by atoms with Crippen molar-refractivity contribution in [3.63, 3.8) is 0 Å². The van der Waals surface area contributed by atoms with Crippen LogP contribution < -0.4 is 10.5 Å². The second kappa shape index (κ2) is 6.89. The van der Waals surface area contributed by atoms with E-state index >= 15 is 0 Å². The maximum absolute atomic E-state index is 11.9. The predicted octanol–water partition coefficient (Wildman–Crippen LogP) is 0.710. The number of piperidine rings is 1. The minimum Gasteiger partial charge on any atom is -0.328 e. The molecular formula is C10H24ClN3O2S. The van der Waals surface area contributed by atoms with Gasteiger partial charge in [-0.15, -0.1) is 12.4 Å². The van der Waals surface area contributed by atoms with Crippen molar-refractivity contribution in [1.82, 2.24) is 9.03 Å². The largest absolute Gasteiger partial charge is 0.328 e. The molecule has 1 unspecified atom stereocenters. The van der Waals surface area contributed by atoms with Crippen LogP contribution in [0.5, 0.6) is 0 Å². The average Bonchev–Trinajstić information content (AvgIpc) is 2.16. The molecule has 0 saturated carbocycles. The van der Waals surface area contributed by atoms with Crippen molar-refractivity contribution in [2.24, 2.45) is 11.7 Å². The monoisotopic (exact) mass is 285 g/mol. The van der Waals surface area contributed by atoms with E-state index in [-0.39, 0.29) is 24.5 Å². The summed E-state index contributed by atoms with van der Waals surface area (Å²) in [7, 11) is -3.29. The molecule has 0 amide bonds. The standard InChI is InChI=1S/C10H23N3O2S.ClH/c1-8(2)12-16(14,15)13-6-4-10(5-7-13)9(3)11;/h8-10,12H,4-7,11H2,1-3H3;1H. The maximum atomic E-state index is 11.9. The Kier molecular flexibility index (Phi) is 6.94. The molecule has 1 saturated heterocycles. The lowest BCUT2D eigenvalue weighted by Gasteiger charge is -2.33. The number of nitrogens with one attached hydrogen (secondary N) is 1. The highest BCUT2D eigenvalue weighted by Crippen LogP contribution is 2.21. The summed E-state index contributed by atoms with van der Waals surface area (Å²) in [4.78, 5) is 0. The van der Waals surface area contributed by atoms with Crippen molar-refractivity contribution in [1.29, 1.82) is 0 Å². The van der Waals surface area contributed by atoms with Crippen LogP contribution in [0.3, 0.4) is 0 Å². The van der Waals surface area contributed by atoms with Gasteiger partial charge in [0, 0.05) is 25.2 Å². The molecule has 104 valence electrons. The molecule has 1 heterocycles. The van der Waals surface area contributed by atoms with Gasteiger partial charge in [0.1, 0.15) is 0 Å². The number of halogens is 1. The molecule has 3 N–H and O–H groups in total. The number of hydrogen-bond donors (Lipinski definition) is 2. The van der Waals surface area contributed by atoms with Crippen molar-refractivity contribution in [2.75, 3.05) is 13.1 Å². The molecule has 0 aromatic rings. The van der Waals surface area contributed by atoms with Crippen molar-refractivity contribution in [3.8, 4) is 0 Å². The van der Waals surface area contributed by atoms with Crippen LogP contribution >= 0.6 is 12.4 Å². The van der Waals surface area contributed by atoms with Crippen LogP contribution in [0.2, 0.25) is 0 Å². The summed E-state index contributed by atoms with van der Waals surface area (Å²) in [5.41, 5.74) is 5.82. The Hall–Kier alpha value is 0.120. The zero-order chi connectivity index (χ0) is 12.3. The van der Waals surface area contributed by atoms with Gasteiger partial charge in [-0.3, -0.25) is 0 Å². The van der Waals surface area contributed by atoms with E-state index in [2.05, 4.69) is 4.72 Å². The van der Waals surface area contributed by atoms with Gasteiger partial charge in [-0.25, -0.2) is 0 Å². The molecule has 1 rings (SSSR count). The zero-order valence-corrected chi connectivity index (χ0v) is 12.4. The summed E-state index contributed by atoms with van der Waals surface area (Å²) in [6.07, 6.45) is 1.72. The van der Waals surface area contributed by atoms with Gasteiger partial charge < -0.3 is 5.73 Å². The minimum absolute atomic E-state index is 0. The lowest BCUT2D eigenvalue weighted by molar-refractivity contribution is 0.248. The third-order valence-corrected chi connectivity index (χ3v) is 4.78. The van der Waals surface area contributed by atoms with Gasteiger partial charge in [-0.05, 0) is 39.5 Å². The third-order valence-electron chi connectivity index (χ3n) is 2.97. The fraction of sp³-hybridized carbons (Fsp3) is 1.00. The molecule has 7 heteroatoms. The van der Waals surface area contributed by atoms with Crippen molar-refractivity contribution >= 4 is 22.6 Å². The molecule has 0 bridgehead atoms. The Bertz CT molecular complexity index is 312. The van der Waals surface area contributed by atoms with E-state index in [0.29, 0.717) is 19.0 Å². The van der Waals surface area contributed by atoms with Gasteiger partial charge in [-0.2, -0.15) is 17.4 Å². The second-order valence-electron chi connectivity index (χ2n) is 4.87. The van der Waals surface area contributed by atoms with Gasteiger partial charge in [0.05, 0.1) is 0 Å². The Balaban J connectivity index is 0.00000256. The Labute approximate surface area is 111 Å². The summed E-state index contributed by atoms with van der Waals surface area (Å²) in [5.74, 6) is 0.450. The lowest BCUT2D eigenvalue weighted by atomic mass is 9.92. The molecule has 1 atom stereocenters. The molecule has 0 spiro atoms. The van der Waals surface area contributed by atoms with E-state index in [1.54, 1.807) is 0 Å². The Morgan fingerprint density at radius 3 is 2.06 bits per heavy atom. The smallest absolute Gasteiger partial charge is 0.279 e. The topological polar surface area (TPSA) is 75.4 Å². The van der Waals surface area contributed by atoms with E-state index in [1.807, 2.05) is 20.8 Å². The van der Waals surface area contributed by atoms with Crippen LogP contribution in [-0.2, 0) is 10.2 Å². The molecule has 17 heavy (non-hydrogen) atoms. The van der Waals surface area contributed by atoms with Crippen molar-refractivity contribution in [3.05, 3.63) is 0 Å². The molecule has 0 aromatic carbocycles. The van der Waals surface area contributed by atoms with Gasteiger partial charge >= 0.3 is 0 Å². The molecule has 1 aliphatic heterocycles. The second-order valence-corrected chi connectivity index (χ2v) is 6.58. The van der Waals surface area contributed by atoms with Crippen LogP contribution in [0.1, 0.15) is 33.6 Å². The highest BCUT2D eigenvalue weighted by molar-refractivity contribution is 7.87. The van der Waals surface area contributed by atoms with Crippen LogP contribution in [0.25, 0.3) is 0 Å². The van der Waals surface area contributed by atoms with Gasteiger partial charge in [-0.1, -0.05) is 0 Å². The van der Waals surface area contributed by atoms with E-state index in [0.717, 1.165) is 12.8 Å². The van der Waals surface area contributed by atoms with E-state index < -0.39 is 10.2 Å². The minimum atomic E-state index is -3.29. The molecular weight excluding hydrogens is 262 g/mol. The zero-order valence-electron chi connectivity index (χ0n) is 10.7. The van der Waals surface area contributed by atoms with Crippen molar-refractivity contribution in [2.45, 2.75) is 45.7 Å². The first kappa shape index (κ1) is 17.1. The number of hydrogen-bond acceptors (Lipinski definition) is 3. The summed E-state index contributed by atoms with van der Waals surface area (Å²) >= 11 is 0. The lowest BCUT2D eigenvalue weighted by Crippen LogP contribution is -2.48. The molecule has 1 aliphatic rings. The quantitative estimate of drug-likeness (QED) is 0.799. The molecule has 0 aliphatic carbocycles. The SMILES string of the molecule is CC(C)NS(=O)(=O)N1CCC(C(C)N)CC1.Cl. The fourth-order valence-electron chi connectivity index (χ4n) is 2.01. The maximum Gasteiger partial charge on any atom is 0.279 e. The summed E-state index contributed by atoms with van der Waals surface area (Å²) in [5, 5.41) is 0. The first-order chi connectivity index (χ1) is 7.33. The van der Waals surface area contributed by atoms with E-state index in [9.17, 15) is 8.42 Å². The Morgan fingerprint density at radius 2 is 1.71 bits per heavy atom. The first-order valence-corrected chi connectivity index (χ1v) is 7.30. The van der Waals surface area contributed by atoms with Crippen molar-refractivity contribution < 1.29 is 8.42 Å². The summed E-state index contributed by atoms with van der Waals surface area (Å²) in [6.45, 7) is 6.79. The van der Waals surface area contributed by atoms with E-state index in [1.165, 1.54) is 4.31 Å². The summed E-state index contributed by atoms with van der Waals surface area (Å²) < 4.78 is 27.8. The van der Waals surface area contributed by atoms with E-state index in [4.69, 9.17) is 5.73 Å².